The van der Waals surface area contributed by atoms with Gasteiger partial charge in [-0.25, -0.2) is 4.98 Å². The van der Waals surface area contributed by atoms with Gasteiger partial charge >= 0.3 is 6.18 Å². The summed E-state index contributed by atoms with van der Waals surface area (Å²) in [6.45, 7) is -1.45. The van der Waals surface area contributed by atoms with Gasteiger partial charge in [-0.1, -0.05) is 19.3 Å². The first-order valence-electron chi connectivity index (χ1n) is 10.1. The molecule has 1 aliphatic carbocycles. The lowest BCUT2D eigenvalue weighted by Gasteiger charge is -2.31. The predicted molar refractivity (Wildman–Crippen MR) is 109 cm³/mol. The van der Waals surface area contributed by atoms with Crippen LogP contribution in [0, 0.1) is 0 Å². The molecule has 1 N–H and O–H groups in total. The molecule has 0 radical (unpaired) electrons. The lowest BCUT2D eigenvalue weighted by Crippen LogP contribution is -2.38. The van der Waals surface area contributed by atoms with E-state index in [4.69, 9.17) is 0 Å². The van der Waals surface area contributed by atoms with Crippen LogP contribution in [0.2, 0.25) is 0 Å². The number of carbonyl (C=O) groups is 2. The number of aromatic nitrogens is 1. The molecule has 0 atom stereocenters. The first kappa shape index (κ1) is 22.6. The molecule has 2 amide bonds. The van der Waals surface area contributed by atoms with Crippen LogP contribution in [-0.2, 0) is 0 Å². The summed E-state index contributed by atoms with van der Waals surface area (Å²) in [6.07, 6.45) is 2.20. The summed E-state index contributed by atoms with van der Waals surface area (Å²) in [7, 11) is 1.82. The van der Waals surface area contributed by atoms with Crippen molar-refractivity contribution in [1.82, 2.24) is 9.88 Å². The maximum absolute atomic E-state index is 12.7. The second-order valence-corrected chi connectivity index (χ2v) is 7.53. The molecule has 1 aliphatic rings. The van der Waals surface area contributed by atoms with Crippen molar-refractivity contribution in [1.29, 1.82) is 0 Å². The Morgan fingerprint density at radius 3 is 2.29 bits per heavy atom. The summed E-state index contributed by atoms with van der Waals surface area (Å²) in [6, 6.07) is 9.36. The van der Waals surface area contributed by atoms with E-state index in [0.29, 0.717) is 11.3 Å². The predicted octanol–water partition coefficient (Wildman–Crippen LogP) is 4.68. The number of hydrogen-bond acceptors (Lipinski definition) is 4. The average Bonchev–Trinajstić information content (AvgIpc) is 2.77. The number of rotatable bonds is 6. The molecule has 0 bridgehead atoms. The summed E-state index contributed by atoms with van der Waals surface area (Å²) in [5.74, 6) is -0.754. The molecule has 0 unspecified atom stereocenters. The molecule has 1 heterocycles. The number of ether oxygens (including phenoxy) is 1. The second-order valence-electron chi connectivity index (χ2n) is 7.53. The van der Waals surface area contributed by atoms with Gasteiger partial charge in [-0.2, -0.15) is 13.2 Å². The summed E-state index contributed by atoms with van der Waals surface area (Å²) in [5.41, 5.74) is 1.19. The molecular weight excluding hydrogens is 411 g/mol. The van der Waals surface area contributed by atoms with Crippen LogP contribution >= 0.6 is 0 Å². The van der Waals surface area contributed by atoms with E-state index in [1.54, 1.807) is 29.2 Å². The number of alkyl halides is 3. The number of hydrogen-bond donors (Lipinski definition) is 1. The highest BCUT2D eigenvalue weighted by molar-refractivity contribution is 6.04. The summed E-state index contributed by atoms with van der Waals surface area (Å²) in [5, 5.41) is 2.67. The number of nitrogens with one attached hydrogen (secondary N) is 1. The minimum Gasteiger partial charge on any atom is -0.468 e. The first-order chi connectivity index (χ1) is 14.7. The van der Waals surface area contributed by atoms with E-state index in [1.807, 2.05) is 7.05 Å². The maximum atomic E-state index is 12.7. The topological polar surface area (TPSA) is 71.5 Å². The molecule has 0 spiro atoms. The van der Waals surface area contributed by atoms with Crippen molar-refractivity contribution >= 4 is 17.5 Å². The van der Waals surface area contributed by atoms with Crippen molar-refractivity contribution in [2.45, 2.75) is 44.3 Å². The van der Waals surface area contributed by atoms with Crippen molar-refractivity contribution in [3.05, 3.63) is 53.7 Å². The van der Waals surface area contributed by atoms with Gasteiger partial charge < -0.3 is 15.0 Å². The lowest BCUT2D eigenvalue weighted by atomic mass is 9.94. The molecule has 9 heteroatoms. The highest BCUT2D eigenvalue weighted by atomic mass is 19.4. The Balaban J connectivity index is 1.56. The standard InChI is InChI=1S/C22H24F3N3O3/c1-28(18-5-3-2-4-6-18)21(30)15-7-10-17(11-8-15)27-20(29)16-9-12-19(26-13-16)31-14-22(23,24)25/h7-13,18H,2-6,14H2,1H3,(H,27,29). The summed E-state index contributed by atoms with van der Waals surface area (Å²) >= 11 is 0. The third-order valence-electron chi connectivity index (χ3n) is 5.21. The lowest BCUT2D eigenvalue weighted by molar-refractivity contribution is -0.154. The Morgan fingerprint density at radius 1 is 1.06 bits per heavy atom. The quantitative estimate of drug-likeness (QED) is 0.715. The van der Waals surface area contributed by atoms with Gasteiger partial charge in [0.25, 0.3) is 11.8 Å². The van der Waals surface area contributed by atoms with Crippen molar-refractivity contribution in [2.24, 2.45) is 0 Å². The molecule has 3 rings (SSSR count). The Hall–Kier alpha value is -3.10. The van der Waals surface area contributed by atoms with Crippen molar-refractivity contribution in [3.63, 3.8) is 0 Å². The van der Waals surface area contributed by atoms with Crippen molar-refractivity contribution in [3.8, 4) is 5.88 Å². The molecule has 1 aromatic heterocycles. The largest absolute Gasteiger partial charge is 0.468 e. The number of halogens is 3. The number of pyridine rings is 1. The minimum atomic E-state index is -4.46. The van der Waals surface area contributed by atoms with Gasteiger partial charge in [-0.3, -0.25) is 9.59 Å². The van der Waals surface area contributed by atoms with Gasteiger partial charge in [0.05, 0.1) is 5.56 Å². The van der Waals surface area contributed by atoms with Crippen LogP contribution in [-0.4, -0.2) is 47.6 Å². The normalized spacial score (nSPS) is 14.7. The fourth-order valence-electron chi connectivity index (χ4n) is 3.49. The van der Waals surface area contributed by atoms with Crippen LogP contribution in [0.5, 0.6) is 5.88 Å². The van der Waals surface area contributed by atoms with Crippen LogP contribution in [0.4, 0.5) is 18.9 Å². The molecule has 6 nitrogen and oxygen atoms in total. The van der Waals surface area contributed by atoms with Gasteiger partial charge in [-0.05, 0) is 43.2 Å². The molecule has 1 saturated carbocycles. The molecule has 1 fully saturated rings. The SMILES string of the molecule is CN(C(=O)c1ccc(NC(=O)c2ccc(OCC(F)(F)F)nc2)cc1)C1CCCCC1. The molecule has 1 aromatic carbocycles. The van der Waals surface area contributed by atoms with E-state index >= 15 is 0 Å². The zero-order valence-corrected chi connectivity index (χ0v) is 17.1. The molecule has 0 saturated heterocycles. The van der Waals surface area contributed by atoms with Crippen LogP contribution in [0.15, 0.2) is 42.6 Å². The summed E-state index contributed by atoms with van der Waals surface area (Å²) < 4.78 is 41.0. The number of amides is 2. The van der Waals surface area contributed by atoms with Crippen molar-refractivity contribution in [2.75, 3.05) is 19.0 Å². The highest BCUT2D eigenvalue weighted by Gasteiger charge is 2.28. The number of carbonyl (C=O) groups excluding carboxylic acids is 2. The molecule has 2 aromatic rings. The maximum Gasteiger partial charge on any atom is 0.422 e. The average molecular weight is 435 g/mol. The van der Waals surface area contributed by atoms with Gasteiger partial charge in [0.2, 0.25) is 5.88 Å². The smallest absolute Gasteiger partial charge is 0.422 e. The fraction of sp³-hybridized carbons (Fsp3) is 0.409. The van der Waals surface area contributed by atoms with E-state index < -0.39 is 18.7 Å². The van der Waals surface area contributed by atoms with Crippen LogP contribution in [0.1, 0.15) is 52.8 Å². The van der Waals surface area contributed by atoms with Crippen molar-refractivity contribution < 1.29 is 27.5 Å². The van der Waals surface area contributed by atoms with E-state index in [0.717, 1.165) is 31.9 Å². The van der Waals surface area contributed by atoms with Gasteiger partial charge in [0, 0.05) is 36.6 Å². The van der Waals surface area contributed by atoms with Gasteiger partial charge in [0.1, 0.15) is 0 Å². The van der Waals surface area contributed by atoms with Crippen LogP contribution in [0.3, 0.4) is 0 Å². The second kappa shape index (κ2) is 9.80. The van der Waals surface area contributed by atoms with Crippen LogP contribution in [0.25, 0.3) is 0 Å². The van der Waals surface area contributed by atoms with Gasteiger partial charge in [-0.15, -0.1) is 0 Å². The fourth-order valence-corrected chi connectivity index (χ4v) is 3.49. The number of nitrogens with zero attached hydrogens (tertiary/aromatic N) is 2. The minimum absolute atomic E-state index is 0.0524. The van der Waals surface area contributed by atoms with E-state index in [9.17, 15) is 22.8 Å². The Morgan fingerprint density at radius 2 is 1.71 bits per heavy atom. The van der Waals surface area contributed by atoms with E-state index in [1.165, 1.54) is 18.6 Å². The van der Waals surface area contributed by atoms with E-state index in [-0.39, 0.29) is 23.4 Å². The highest BCUT2D eigenvalue weighted by Crippen LogP contribution is 2.23. The third-order valence-corrected chi connectivity index (χ3v) is 5.21. The third kappa shape index (κ3) is 6.44. The van der Waals surface area contributed by atoms with Crippen LogP contribution < -0.4 is 10.1 Å². The molecule has 166 valence electrons. The molecule has 0 aliphatic heterocycles. The zero-order chi connectivity index (χ0) is 22.4. The Labute approximate surface area is 178 Å². The van der Waals surface area contributed by atoms with Gasteiger partial charge in [0.15, 0.2) is 6.61 Å². The molecule has 31 heavy (non-hydrogen) atoms. The number of benzene rings is 1. The first-order valence-corrected chi connectivity index (χ1v) is 10.1. The monoisotopic (exact) mass is 435 g/mol. The molecular formula is C22H24F3N3O3. The Bertz CT molecular complexity index is 893. The Kier molecular flexibility index (Phi) is 7.14. The zero-order valence-electron chi connectivity index (χ0n) is 17.1. The number of anilines is 1. The van der Waals surface area contributed by atoms with E-state index in [2.05, 4.69) is 15.0 Å². The summed E-state index contributed by atoms with van der Waals surface area (Å²) in [4.78, 5) is 30.5.